The summed E-state index contributed by atoms with van der Waals surface area (Å²) in [5, 5.41) is 31.3. The number of anilines is 3. The Morgan fingerprint density at radius 2 is 1.93 bits per heavy atom. The molecule has 156 valence electrons. The van der Waals surface area contributed by atoms with E-state index in [-0.39, 0.29) is 29.9 Å². The Bertz CT molecular complexity index is 1050. The molecule has 0 aliphatic rings. The molecule has 0 amide bonds. The van der Waals surface area contributed by atoms with Crippen LogP contribution in [0.2, 0.25) is 0 Å². The van der Waals surface area contributed by atoms with Gasteiger partial charge in [-0.15, -0.1) is 5.10 Å². The van der Waals surface area contributed by atoms with Gasteiger partial charge in [-0.25, -0.2) is 13.8 Å². The van der Waals surface area contributed by atoms with Crippen LogP contribution >= 0.6 is 0 Å². The molecule has 8 nitrogen and oxygen atoms in total. The Balaban J connectivity index is 1.86. The first-order valence-electron chi connectivity index (χ1n) is 9.12. The fourth-order valence-corrected chi connectivity index (χ4v) is 2.66. The zero-order valence-electron chi connectivity index (χ0n) is 16.3. The third-order valence-corrected chi connectivity index (χ3v) is 4.03. The monoisotopic (exact) mass is 414 g/mol. The number of nitrogens with zero attached hydrogens (tertiary/aromatic N) is 3. The first kappa shape index (κ1) is 21.0. The van der Waals surface area contributed by atoms with Crippen LogP contribution in [0.15, 0.2) is 36.4 Å². The van der Waals surface area contributed by atoms with Crippen molar-refractivity contribution in [2.24, 2.45) is 0 Å². The molecule has 4 N–H and O–H groups in total. The molecule has 10 heteroatoms. The van der Waals surface area contributed by atoms with Gasteiger partial charge in [-0.1, -0.05) is 12.1 Å². The van der Waals surface area contributed by atoms with Gasteiger partial charge in [0.1, 0.15) is 23.5 Å². The van der Waals surface area contributed by atoms with Crippen LogP contribution in [-0.2, 0) is 0 Å². The number of aromatic amines is 1. The fraction of sp³-hybridized carbons (Fsp3) is 0.250. The lowest BCUT2D eigenvalue weighted by molar-refractivity contribution is 0.232. The molecule has 0 aliphatic heterocycles. The van der Waals surface area contributed by atoms with Gasteiger partial charge >= 0.3 is 0 Å². The molecule has 0 saturated heterocycles. The first-order chi connectivity index (χ1) is 14.4. The van der Waals surface area contributed by atoms with Gasteiger partial charge in [0, 0.05) is 6.07 Å². The van der Waals surface area contributed by atoms with E-state index in [1.54, 1.807) is 6.07 Å². The SMILES string of the molecule is CC(C)Oc1cc(Nc2nc(NC(CO)c3ccc(F)cc3)c(C#N)cc2F)[nH]n1. The summed E-state index contributed by atoms with van der Waals surface area (Å²) in [4.78, 5) is 4.15. The van der Waals surface area contributed by atoms with E-state index in [0.717, 1.165) is 6.07 Å². The smallest absolute Gasteiger partial charge is 0.234 e. The van der Waals surface area contributed by atoms with E-state index in [0.29, 0.717) is 17.3 Å². The summed E-state index contributed by atoms with van der Waals surface area (Å²) in [7, 11) is 0. The van der Waals surface area contributed by atoms with E-state index < -0.39 is 17.7 Å². The number of aromatic nitrogens is 3. The summed E-state index contributed by atoms with van der Waals surface area (Å²) in [5.41, 5.74) is 0.527. The summed E-state index contributed by atoms with van der Waals surface area (Å²) < 4.78 is 33.1. The van der Waals surface area contributed by atoms with Crippen LogP contribution in [0, 0.1) is 23.0 Å². The highest BCUT2D eigenvalue weighted by molar-refractivity contribution is 5.62. The van der Waals surface area contributed by atoms with Crippen molar-refractivity contribution in [3.05, 3.63) is 59.2 Å². The van der Waals surface area contributed by atoms with Gasteiger partial charge in [-0.3, -0.25) is 5.10 Å². The predicted octanol–water partition coefficient (Wildman–Crippen LogP) is 3.63. The minimum absolute atomic E-state index is 0.0490. The molecular weight excluding hydrogens is 394 g/mol. The number of H-pyrrole nitrogens is 1. The number of ether oxygens (including phenoxy) is 1. The second-order valence-corrected chi connectivity index (χ2v) is 6.67. The zero-order chi connectivity index (χ0) is 21.7. The summed E-state index contributed by atoms with van der Waals surface area (Å²) >= 11 is 0. The van der Waals surface area contributed by atoms with Crippen molar-refractivity contribution in [2.45, 2.75) is 26.0 Å². The molecular formula is C20H20F2N6O2. The summed E-state index contributed by atoms with van der Waals surface area (Å²) in [6, 6.07) is 9.27. The molecule has 3 aromatic rings. The molecule has 3 rings (SSSR count). The van der Waals surface area contributed by atoms with E-state index in [2.05, 4.69) is 25.8 Å². The molecule has 0 fully saturated rings. The van der Waals surface area contributed by atoms with Crippen molar-refractivity contribution in [3.8, 4) is 11.9 Å². The van der Waals surface area contributed by atoms with E-state index in [4.69, 9.17) is 4.74 Å². The number of aliphatic hydroxyl groups excluding tert-OH is 1. The van der Waals surface area contributed by atoms with E-state index in [9.17, 15) is 19.1 Å². The fourth-order valence-electron chi connectivity index (χ4n) is 2.66. The van der Waals surface area contributed by atoms with Crippen molar-refractivity contribution in [1.82, 2.24) is 15.2 Å². The van der Waals surface area contributed by atoms with Crippen molar-refractivity contribution < 1.29 is 18.6 Å². The quantitative estimate of drug-likeness (QED) is 0.444. The average molecular weight is 414 g/mol. The van der Waals surface area contributed by atoms with Crippen LogP contribution in [0.1, 0.15) is 31.0 Å². The molecule has 0 saturated carbocycles. The van der Waals surface area contributed by atoms with Crippen molar-refractivity contribution >= 4 is 17.5 Å². The Morgan fingerprint density at radius 3 is 2.57 bits per heavy atom. The van der Waals surface area contributed by atoms with Crippen LogP contribution in [0.25, 0.3) is 0 Å². The molecule has 1 unspecified atom stereocenters. The molecule has 0 radical (unpaired) electrons. The maximum absolute atomic E-state index is 14.4. The number of aliphatic hydroxyl groups is 1. The number of benzene rings is 1. The minimum atomic E-state index is -0.750. The minimum Gasteiger partial charge on any atom is -0.474 e. The first-order valence-corrected chi connectivity index (χ1v) is 9.12. The lowest BCUT2D eigenvalue weighted by atomic mass is 10.1. The Morgan fingerprint density at radius 1 is 1.20 bits per heavy atom. The molecule has 0 spiro atoms. The standard InChI is InChI=1S/C20H20F2N6O2/c1-11(2)30-18-8-17(27-28-18)25-20-15(22)7-13(9-23)19(26-20)24-16(10-29)12-3-5-14(21)6-4-12/h3-8,11,16,29H,10H2,1-2H3,(H3,24,25,26,27,28). The Hall–Kier alpha value is -3.71. The van der Waals surface area contributed by atoms with Gasteiger partial charge in [0.15, 0.2) is 11.6 Å². The average Bonchev–Trinajstić information content (AvgIpc) is 3.15. The predicted molar refractivity (Wildman–Crippen MR) is 106 cm³/mol. The second kappa shape index (κ2) is 9.19. The maximum Gasteiger partial charge on any atom is 0.234 e. The molecule has 0 aliphatic carbocycles. The Kier molecular flexibility index (Phi) is 6.44. The summed E-state index contributed by atoms with van der Waals surface area (Å²) in [6.07, 6.45) is -0.0800. The zero-order valence-corrected chi connectivity index (χ0v) is 16.3. The van der Waals surface area contributed by atoms with Crippen molar-refractivity contribution in [2.75, 3.05) is 17.2 Å². The number of nitriles is 1. The largest absolute Gasteiger partial charge is 0.474 e. The lowest BCUT2D eigenvalue weighted by Crippen LogP contribution is -2.17. The lowest BCUT2D eigenvalue weighted by Gasteiger charge is -2.19. The van der Waals surface area contributed by atoms with Gasteiger partial charge < -0.3 is 20.5 Å². The highest BCUT2D eigenvalue weighted by atomic mass is 19.1. The molecule has 0 bridgehead atoms. The number of pyridine rings is 1. The number of rotatable bonds is 8. The highest BCUT2D eigenvalue weighted by Crippen LogP contribution is 2.27. The van der Waals surface area contributed by atoms with Crippen LogP contribution in [-0.4, -0.2) is 33.0 Å². The van der Waals surface area contributed by atoms with E-state index in [1.165, 1.54) is 24.3 Å². The normalized spacial score (nSPS) is 11.8. The summed E-state index contributed by atoms with van der Waals surface area (Å²) in [5.74, 6) is -0.600. The third kappa shape index (κ3) is 5.01. The van der Waals surface area contributed by atoms with Crippen LogP contribution in [0.4, 0.5) is 26.2 Å². The number of nitrogens with one attached hydrogen (secondary N) is 3. The molecule has 1 atom stereocenters. The van der Waals surface area contributed by atoms with Crippen LogP contribution in [0.5, 0.6) is 5.88 Å². The van der Waals surface area contributed by atoms with Gasteiger partial charge in [0.05, 0.1) is 24.3 Å². The molecule has 2 heterocycles. The highest BCUT2D eigenvalue weighted by Gasteiger charge is 2.18. The van der Waals surface area contributed by atoms with Gasteiger partial charge in [0.25, 0.3) is 0 Å². The molecule has 2 aromatic heterocycles. The number of halogens is 2. The number of hydrogen-bond acceptors (Lipinski definition) is 7. The summed E-state index contributed by atoms with van der Waals surface area (Å²) in [6.45, 7) is 3.34. The Labute approximate surface area is 171 Å². The second-order valence-electron chi connectivity index (χ2n) is 6.67. The van der Waals surface area contributed by atoms with Gasteiger partial charge in [0.2, 0.25) is 5.88 Å². The van der Waals surface area contributed by atoms with Crippen LogP contribution < -0.4 is 15.4 Å². The van der Waals surface area contributed by atoms with Gasteiger partial charge in [-0.2, -0.15) is 5.26 Å². The van der Waals surface area contributed by atoms with E-state index in [1.807, 2.05) is 19.9 Å². The number of hydrogen-bond donors (Lipinski definition) is 4. The topological polar surface area (TPSA) is 119 Å². The van der Waals surface area contributed by atoms with Crippen molar-refractivity contribution in [1.29, 1.82) is 5.26 Å². The third-order valence-electron chi connectivity index (χ3n) is 4.03. The molecule has 30 heavy (non-hydrogen) atoms. The maximum atomic E-state index is 14.4. The molecule has 1 aromatic carbocycles. The van der Waals surface area contributed by atoms with E-state index >= 15 is 0 Å². The van der Waals surface area contributed by atoms with Crippen molar-refractivity contribution in [3.63, 3.8) is 0 Å². The van der Waals surface area contributed by atoms with Crippen LogP contribution in [0.3, 0.4) is 0 Å². The van der Waals surface area contributed by atoms with Gasteiger partial charge in [-0.05, 0) is 37.6 Å².